The maximum Gasteiger partial charge on any atom is 0.233 e. The lowest BCUT2D eigenvalue weighted by atomic mass is 10.2. The van der Waals surface area contributed by atoms with Crippen molar-refractivity contribution in [3.8, 4) is 0 Å². The minimum atomic E-state index is 0.375. The molecule has 0 aromatic carbocycles. The molecular formula is C8H14N4S. The van der Waals surface area contributed by atoms with Gasteiger partial charge in [0, 0.05) is 17.6 Å². The topological polar surface area (TPSA) is 63.8 Å². The van der Waals surface area contributed by atoms with Crippen molar-refractivity contribution in [2.45, 2.75) is 32.2 Å². The molecule has 1 aliphatic carbocycles. The normalized spacial score (nSPS) is 25.9. The van der Waals surface area contributed by atoms with Gasteiger partial charge in [-0.1, -0.05) is 13.3 Å². The molecule has 72 valence electrons. The third-order valence-electron chi connectivity index (χ3n) is 2.33. The van der Waals surface area contributed by atoms with Crippen LogP contribution in [0.1, 0.15) is 26.2 Å². The smallest absolute Gasteiger partial charge is 0.233 e. The van der Waals surface area contributed by atoms with Crippen LogP contribution in [-0.4, -0.2) is 15.4 Å². The summed E-state index contributed by atoms with van der Waals surface area (Å²) in [5.74, 6) is 1.22. The molecule has 0 saturated heterocycles. The lowest BCUT2D eigenvalue weighted by molar-refractivity contribution is 0.692. The third kappa shape index (κ3) is 2.09. The van der Waals surface area contributed by atoms with Gasteiger partial charge in [-0.05, 0) is 18.8 Å². The molecule has 1 heterocycles. The summed E-state index contributed by atoms with van der Waals surface area (Å²) in [5.41, 5.74) is 5.42. The van der Waals surface area contributed by atoms with Crippen molar-refractivity contribution in [3.63, 3.8) is 0 Å². The number of rotatable bonds is 4. The summed E-state index contributed by atoms with van der Waals surface area (Å²) >= 11 is 1.34. The van der Waals surface area contributed by atoms with Crippen LogP contribution in [0.2, 0.25) is 0 Å². The van der Waals surface area contributed by atoms with Gasteiger partial charge in [0.15, 0.2) is 0 Å². The van der Waals surface area contributed by atoms with Gasteiger partial charge >= 0.3 is 0 Å². The van der Waals surface area contributed by atoms with Crippen LogP contribution < -0.4 is 11.1 Å². The molecule has 0 amide bonds. The maximum absolute atomic E-state index is 5.42. The number of hydrogen-bond acceptors (Lipinski definition) is 5. The average molecular weight is 198 g/mol. The van der Waals surface area contributed by atoms with Gasteiger partial charge in [0.25, 0.3) is 0 Å². The Balaban J connectivity index is 1.81. The zero-order chi connectivity index (χ0) is 9.26. The molecule has 4 nitrogen and oxygen atoms in total. The number of nitrogens with one attached hydrogen (secondary N) is 1. The van der Waals surface area contributed by atoms with Gasteiger partial charge < -0.3 is 11.1 Å². The van der Waals surface area contributed by atoms with Crippen LogP contribution in [-0.2, 0) is 0 Å². The first-order valence-electron chi connectivity index (χ1n) is 4.65. The van der Waals surface area contributed by atoms with Crippen molar-refractivity contribution in [1.82, 2.24) is 9.36 Å². The summed E-state index contributed by atoms with van der Waals surface area (Å²) < 4.78 is 3.91. The fourth-order valence-corrected chi connectivity index (χ4v) is 2.13. The molecular weight excluding hydrogens is 184 g/mol. The highest BCUT2D eigenvalue weighted by atomic mass is 32.1. The Hall–Kier alpha value is -0.840. The molecule has 0 bridgehead atoms. The second-order valence-corrected chi connectivity index (χ2v) is 4.24. The van der Waals surface area contributed by atoms with E-state index >= 15 is 0 Å². The first kappa shape index (κ1) is 8.74. The molecule has 3 N–H and O–H groups in total. The summed E-state index contributed by atoms with van der Waals surface area (Å²) in [7, 11) is 0. The third-order valence-corrected chi connectivity index (χ3v) is 2.99. The highest BCUT2D eigenvalue weighted by Crippen LogP contribution is 2.37. The van der Waals surface area contributed by atoms with E-state index in [1.54, 1.807) is 0 Å². The quantitative estimate of drug-likeness (QED) is 0.773. The lowest BCUT2D eigenvalue weighted by Crippen LogP contribution is -2.04. The number of nitrogens with zero attached hydrogens (tertiary/aromatic N) is 2. The molecule has 5 heteroatoms. The van der Waals surface area contributed by atoms with Gasteiger partial charge in [0.1, 0.15) is 0 Å². The van der Waals surface area contributed by atoms with Crippen molar-refractivity contribution in [1.29, 1.82) is 0 Å². The highest BCUT2D eigenvalue weighted by Gasteiger charge is 2.36. The van der Waals surface area contributed by atoms with E-state index < -0.39 is 0 Å². The molecule has 1 aromatic rings. The summed E-state index contributed by atoms with van der Waals surface area (Å²) in [6, 6.07) is 0.618. The Morgan fingerprint density at radius 2 is 2.54 bits per heavy atom. The van der Waals surface area contributed by atoms with E-state index in [-0.39, 0.29) is 0 Å². The van der Waals surface area contributed by atoms with E-state index in [2.05, 4.69) is 21.6 Å². The molecule has 1 aliphatic rings. The minimum Gasteiger partial charge on any atom is -0.367 e. The average Bonchev–Trinajstić information content (AvgIpc) is 2.66. The summed E-state index contributed by atoms with van der Waals surface area (Å²) in [6.07, 6.45) is 3.85. The van der Waals surface area contributed by atoms with Gasteiger partial charge in [-0.2, -0.15) is 9.36 Å². The summed E-state index contributed by atoms with van der Waals surface area (Å²) in [6.45, 7) is 2.22. The molecule has 1 saturated carbocycles. The fraction of sp³-hybridized carbons (Fsp3) is 0.750. The Morgan fingerprint density at radius 1 is 1.69 bits per heavy atom. The van der Waals surface area contributed by atoms with E-state index in [4.69, 9.17) is 5.73 Å². The van der Waals surface area contributed by atoms with E-state index in [1.807, 2.05) is 0 Å². The Kier molecular flexibility index (Phi) is 2.35. The largest absolute Gasteiger partial charge is 0.367 e. The monoisotopic (exact) mass is 198 g/mol. The SMILES string of the molecule is CCCC1CC1Nc1nc(N)ns1. The van der Waals surface area contributed by atoms with Crippen LogP contribution in [0.5, 0.6) is 0 Å². The fourth-order valence-electron chi connectivity index (χ4n) is 1.57. The second-order valence-electron chi connectivity index (χ2n) is 3.49. The van der Waals surface area contributed by atoms with E-state index in [9.17, 15) is 0 Å². The van der Waals surface area contributed by atoms with Gasteiger partial charge in [0.2, 0.25) is 11.1 Å². The molecule has 2 atom stereocenters. The first-order valence-corrected chi connectivity index (χ1v) is 5.42. The second kappa shape index (κ2) is 3.49. The molecule has 13 heavy (non-hydrogen) atoms. The van der Waals surface area contributed by atoms with Crippen molar-refractivity contribution in [2.75, 3.05) is 11.1 Å². The molecule has 0 spiro atoms. The van der Waals surface area contributed by atoms with Crippen molar-refractivity contribution >= 4 is 22.6 Å². The Morgan fingerprint density at radius 3 is 3.15 bits per heavy atom. The first-order chi connectivity index (χ1) is 6.29. The molecule has 2 unspecified atom stereocenters. The molecule has 1 aromatic heterocycles. The standard InChI is InChI=1S/C8H14N4S/c1-2-3-5-4-6(5)10-8-11-7(9)12-13-8/h5-6H,2-4H2,1H3,(H3,9,10,11,12). The van der Waals surface area contributed by atoms with E-state index in [1.165, 1.54) is 30.8 Å². The van der Waals surface area contributed by atoms with Crippen LogP contribution in [0, 0.1) is 5.92 Å². The van der Waals surface area contributed by atoms with Crippen molar-refractivity contribution in [3.05, 3.63) is 0 Å². The number of aromatic nitrogens is 2. The number of nitrogen functional groups attached to an aromatic ring is 1. The van der Waals surface area contributed by atoms with Crippen LogP contribution in [0.25, 0.3) is 0 Å². The van der Waals surface area contributed by atoms with E-state index in [0.29, 0.717) is 12.0 Å². The molecule has 0 aliphatic heterocycles. The van der Waals surface area contributed by atoms with Crippen LogP contribution >= 0.6 is 11.5 Å². The zero-order valence-corrected chi connectivity index (χ0v) is 8.47. The number of anilines is 2. The summed E-state index contributed by atoms with van der Waals surface area (Å²) in [4.78, 5) is 4.06. The zero-order valence-electron chi connectivity index (χ0n) is 7.66. The summed E-state index contributed by atoms with van der Waals surface area (Å²) in [5, 5.41) is 4.20. The molecule has 2 rings (SSSR count). The van der Waals surface area contributed by atoms with Crippen LogP contribution in [0.15, 0.2) is 0 Å². The van der Waals surface area contributed by atoms with Crippen molar-refractivity contribution < 1.29 is 0 Å². The van der Waals surface area contributed by atoms with Gasteiger partial charge in [-0.25, -0.2) is 0 Å². The van der Waals surface area contributed by atoms with Crippen LogP contribution in [0.4, 0.5) is 11.1 Å². The Bertz CT molecular complexity index is 285. The van der Waals surface area contributed by atoms with E-state index in [0.717, 1.165) is 11.0 Å². The van der Waals surface area contributed by atoms with Crippen molar-refractivity contribution in [2.24, 2.45) is 5.92 Å². The maximum atomic E-state index is 5.42. The predicted octanol–water partition coefficient (Wildman–Crippen LogP) is 1.72. The lowest BCUT2D eigenvalue weighted by Gasteiger charge is -1.98. The number of nitrogens with two attached hydrogens (primary N) is 1. The molecule has 0 radical (unpaired) electrons. The predicted molar refractivity (Wildman–Crippen MR) is 54.7 cm³/mol. The van der Waals surface area contributed by atoms with Crippen LogP contribution in [0.3, 0.4) is 0 Å². The Labute approximate surface area is 81.7 Å². The molecule has 1 fully saturated rings. The van der Waals surface area contributed by atoms with Gasteiger partial charge in [-0.3, -0.25) is 0 Å². The minimum absolute atomic E-state index is 0.375. The number of hydrogen-bond donors (Lipinski definition) is 2. The highest BCUT2D eigenvalue weighted by molar-refractivity contribution is 7.09. The van der Waals surface area contributed by atoms with Gasteiger partial charge in [0.05, 0.1) is 0 Å². The van der Waals surface area contributed by atoms with Gasteiger partial charge in [-0.15, -0.1) is 0 Å².